The van der Waals surface area contributed by atoms with Crippen molar-refractivity contribution in [1.29, 1.82) is 0 Å². The number of rotatable bonds is 1. The first-order valence-corrected chi connectivity index (χ1v) is 7.10. The van der Waals surface area contributed by atoms with Gasteiger partial charge < -0.3 is 14.9 Å². The minimum absolute atomic E-state index is 0.0120. The van der Waals surface area contributed by atoms with Crippen LogP contribution in [0.1, 0.15) is 33.1 Å². The summed E-state index contributed by atoms with van der Waals surface area (Å²) >= 11 is 0. The lowest BCUT2D eigenvalue weighted by Crippen LogP contribution is -2.56. The summed E-state index contributed by atoms with van der Waals surface area (Å²) in [7, 11) is 0. The summed E-state index contributed by atoms with van der Waals surface area (Å²) in [5, 5.41) is 20.3. The Balaban J connectivity index is 2.09. The number of aliphatic hydroxyl groups excluding tert-OH is 2. The highest BCUT2D eigenvalue weighted by Gasteiger charge is 2.59. The van der Waals surface area contributed by atoms with Crippen LogP contribution >= 0.6 is 0 Å². The standard InChI is InChI=1S/C15H22O4/c1-14(8-16)4-3-5-15(2)10-7-19-13(18)9(10)6-11(17)12(14)15/h6,10-12,16-17H,3-5,7-8H2,1-2H3/t10-,11+,12+,14-,15-/m0/s1. The Labute approximate surface area is 113 Å². The molecule has 0 amide bonds. The monoisotopic (exact) mass is 266 g/mol. The van der Waals surface area contributed by atoms with Gasteiger partial charge in [0.1, 0.15) is 0 Å². The fraction of sp³-hybridized carbons (Fsp3) is 0.800. The number of cyclic esters (lactones) is 1. The fourth-order valence-corrected chi connectivity index (χ4v) is 4.84. The molecule has 106 valence electrons. The van der Waals surface area contributed by atoms with E-state index in [4.69, 9.17) is 4.74 Å². The largest absolute Gasteiger partial charge is 0.462 e. The number of hydrogen-bond acceptors (Lipinski definition) is 4. The lowest BCUT2D eigenvalue weighted by atomic mass is 9.48. The van der Waals surface area contributed by atoms with Gasteiger partial charge in [-0.25, -0.2) is 4.79 Å². The number of ether oxygens (including phenoxy) is 1. The molecule has 1 aliphatic heterocycles. The summed E-state index contributed by atoms with van der Waals surface area (Å²) < 4.78 is 5.18. The molecule has 0 aromatic carbocycles. The van der Waals surface area contributed by atoms with Crippen LogP contribution in [0, 0.1) is 22.7 Å². The Kier molecular flexibility index (Phi) is 2.81. The molecule has 2 fully saturated rings. The summed E-state index contributed by atoms with van der Waals surface area (Å²) in [6.45, 7) is 4.70. The van der Waals surface area contributed by atoms with E-state index in [1.54, 1.807) is 6.08 Å². The maximum Gasteiger partial charge on any atom is 0.334 e. The topological polar surface area (TPSA) is 66.8 Å². The van der Waals surface area contributed by atoms with Crippen LogP contribution in [0.15, 0.2) is 11.6 Å². The van der Waals surface area contributed by atoms with Gasteiger partial charge in [0.15, 0.2) is 0 Å². The molecule has 0 aromatic heterocycles. The third-order valence-corrected chi connectivity index (χ3v) is 5.77. The van der Waals surface area contributed by atoms with Crippen LogP contribution in [0.4, 0.5) is 0 Å². The van der Waals surface area contributed by atoms with Crippen molar-refractivity contribution in [3.05, 3.63) is 11.6 Å². The van der Waals surface area contributed by atoms with Crippen molar-refractivity contribution in [3.8, 4) is 0 Å². The molecule has 2 aliphatic carbocycles. The van der Waals surface area contributed by atoms with Gasteiger partial charge in [0.25, 0.3) is 0 Å². The maximum absolute atomic E-state index is 11.8. The first kappa shape index (κ1) is 13.1. The van der Waals surface area contributed by atoms with Crippen molar-refractivity contribution in [2.24, 2.45) is 22.7 Å². The van der Waals surface area contributed by atoms with Gasteiger partial charge in [-0.3, -0.25) is 0 Å². The number of hydrogen-bond donors (Lipinski definition) is 2. The van der Waals surface area contributed by atoms with Crippen LogP contribution in [-0.2, 0) is 9.53 Å². The van der Waals surface area contributed by atoms with Crippen LogP contribution in [0.5, 0.6) is 0 Å². The molecule has 0 spiro atoms. The molecule has 0 unspecified atom stereocenters. The Morgan fingerprint density at radius 3 is 2.84 bits per heavy atom. The second-order valence-electron chi connectivity index (χ2n) is 6.91. The summed E-state index contributed by atoms with van der Waals surface area (Å²) in [4.78, 5) is 11.8. The third kappa shape index (κ3) is 1.62. The van der Waals surface area contributed by atoms with E-state index in [1.165, 1.54) is 0 Å². The van der Waals surface area contributed by atoms with Gasteiger partial charge in [-0.15, -0.1) is 0 Å². The first-order chi connectivity index (χ1) is 8.92. The molecule has 1 saturated carbocycles. The Hall–Kier alpha value is -0.870. The molecule has 0 bridgehead atoms. The lowest BCUT2D eigenvalue weighted by molar-refractivity contribution is -0.135. The Morgan fingerprint density at radius 1 is 1.42 bits per heavy atom. The molecule has 0 radical (unpaired) electrons. The molecular formula is C15H22O4. The predicted molar refractivity (Wildman–Crippen MR) is 69.2 cm³/mol. The summed E-state index contributed by atoms with van der Waals surface area (Å²) in [5.41, 5.74) is 0.208. The second kappa shape index (κ2) is 4.06. The van der Waals surface area contributed by atoms with Crippen LogP contribution in [0.2, 0.25) is 0 Å². The van der Waals surface area contributed by atoms with Crippen LogP contribution in [0.3, 0.4) is 0 Å². The number of esters is 1. The quantitative estimate of drug-likeness (QED) is 0.701. The van der Waals surface area contributed by atoms with E-state index >= 15 is 0 Å². The van der Waals surface area contributed by atoms with E-state index in [-0.39, 0.29) is 35.2 Å². The van der Waals surface area contributed by atoms with Crippen molar-refractivity contribution < 1.29 is 19.7 Å². The van der Waals surface area contributed by atoms with Crippen molar-refractivity contribution in [1.82, 2.24) is 0 Å². The Morgan fingerprint density at radius 2 is 2.16 bits per heavy atom. The van der Waals surface area contributed by atoms with Gasteiger partial charge in [-0.2, -0.15) is 0 Å². The number of fused-ring (bicyclic) bond motifs is 3. The molecule has 3 rings (SSSR count). The zero-order valence-corrected chi connectivity index (χ0v) is 11.6. The third-order valence-electron chi connectivity index (χ3n) is 5.77. The number of aliphatic hydroxyl groups is 2. The normalized spacial score (nSPS) is 49.2. The summed E-state index contributed by atoms with van der Waals surface area (Å²) in [6.07, 6.45) is 3.92. The van der Waals surface area contributed by atoms with E-state index in [1.807, 2.05) is 0 Å². The first-order valence-electron chi connectivity index (χ1n) is 7.10. The molecule has 2 N–H and O–H groups in total. The molecule has 19 heavy (non-hydrogen) atoms. The minimum Gasteiger partial charge on any atom is -0.462 e. The van der Waals surface area contributed by atoms with E-state index in [0.717, 1.165) is 19.3 Å². The SMILES string of the molecule is C[C@@]1(CO)CCC[C@]2(C)[C@@H]1[C@H](O)C=C1C(=O)OC[C@@H]12. The average Bonchev–Trinajstić information content (AvgIpc) is 2.71. The summed E-state index contributed by atoms with van der Waals surface area (Å²) in [6, 6.07) is 0. The lowest BCUT2D eigenvalue weighted by Gasteiger charge is -2.57. The Bertz CT molecular complexity index is 443. The molecule has 4 heteroatoms. The number of carbonyl (C=O) groups is 1. The molecule has 0 aromatic rings. The summed E-state index contributed by atoms with van der Waals surface area (Å²) in [5.74, 6) is -0.221. The van der Waals surface area contributed by atoms with Gasteiger partial charge in [0, 0.05) is 24.0 Å². The van der Waals surface area contributed by atoms with Crippen molar-refractivity contribution in [3.63, 3.8) is 0 Å². The van der Waals surface area contributed by atoms with Gasteiger partial charge in [-0.1, -0.05) is 20.3 Å². The van der Waals surface area contributed by atoms with Crippen LogP contribution < -0.4 is 0 Å². The van der Waals surface area contributed by atoms with E-state index in [9.17, 15) is 15.0 Å². The maximum atomic E-state index is 11.8. The van der Waals surface area contributed by atoms with Gasteiger partial charge >= 0.3 is 5.97 Å². The highest BCUT2D eigenvalue weighted by atomic mass is 16.5. The fourth-order valence-electron chi connectivity index (χ4n) is 4.84. The molecular weight excluding hydrogens is 244 g/mol. The van der Waals surface area contributed by atoms with Gasteiger partial charge in [0.2, 0.25) is 0 Å². The minimum atomic E-state index is -0.667. The zero-order chi connectivity index (χ0) is 13.8. The predicted octanol–water partition coefficient (Wildman–Crippen LogP) is 1.27. The van der Waals surface area contributed by atoms with E-state index in [2.05, 4.69) is 13.8 Å². The van der Waals surface area contributed by atoms with Crippen LogP contribution in [-0.4, -0.2) is 35.5 Å². The highest BCUT2D eigenvalue weighted by molar-refractivity contribution is 5.91. The number of carbonyl (C=O) groups excluding carboxylic acids is 1. The average molecular weight is 266 g/mol. The molecule has 5 atom stereocenters. The molecule has 1 heterocycles. The molecule has 3 aliphatic rings. The molecule has 1 saturated heterocycles. The van der Waals surface area contributed by atoms with E-state index < -0.39 is 6.10 Å². The van der Waals surface area contributed by atoms with Crippen molar-refractivity contribution in [2.45, 2.75) is 39.2 Å². The smallest absolute Gasteiger partial charge is 0.334 e. The molecule has 4 nitrogen and oxygen atoms in total. The zero-order valence-electron chi connectivity index (χ0n) is 11.6. The van der Waals surface area contributed by atoms with Gasteiger partial charge in [0.05, 0.1) is 12.7 Å². The van der Waals surface area contributed by atoms with Crippen molar-refractivity contribution in [2.75, 3.05) is 13.2 Å². The highest BCUT2D eigenvalue weighted by Crippen LogP contribution is 2.60. The van der Waals surface area contributed by atoms with Gasteiger partial charge in [-0.05, 0) is 29.7 Å². The van der Waals surface area contributed by atoms with Crippen molar-refractivity contribution >= 4 is 5.97 Å². The van der Waals surface area contributed by atoms with Crippen LogP contribution in [0.25, 0.3) is 0 Å². The second-order valence-corrected chi connectivity index (χ2v) is 6.91. The van der Waals surface area contributed by atoms with E-state index in [0.29, 0.717) is 12.2 Å².